The van der Waals surface area contributed by atoms with E-state index in [1.54, 1.807) is 0 Å². The molecule has 0 aliphatic heterocycles. The Morgan fingerprint density at radius 1 is 0.380 bits per heavy atom. The molecule has 0 aliphatic rings. The highest BCUT2D eigenvalue weighted by atomic mass is 16.3. The van der Waals surface area contributed by atoms with Crippen molar-refractivity contribution < 1.29 is 4.42 Å². The zero-order valence-corrected chi connectivity index (χ0v) is 26.9. The predicted molar refractivity (Wildman–Crippen MR) is 203 cm³/mol. The van der Waals surface area contributed by atoms with Gasteiger partial charge in [0.15, 0.2) is 11.6 Å². The second kappa shape index (κ2) is 11.4. The summed E-state index contributed by atoms with van der Waals surface area (Å²) in [6, 6.07) is 58.6. The molecule has 0 saturated carbocycles. The molecule has 10 aromatic rings. The van der Waals surface area contributed by atoms with Gasteiger partial charge in [0.1, 0.15) is 11.2 Å². The van der Waals surface area contributed by atoms with Crippen molar-refractivity contribution in [1.29, 1.82) is 0 Å². The first-order valence-corrected chi connectivity index (χ1v) is 16.7. The molecule has 7 aromatic carbocycles. The molecule has 0 aliphatic carbocycles. The van der Waals surface area contributed by atoms with Crippen LogP contribution in [0.1, 0.15) is 0 Å². The van der Waals surface area contributed by atoms with Crippen LogP contribution in [-0.2, 0) is 0 Å². The van der Waals surface area contributed by atoms with Crippen molar-refractivity contribution in [3.05, 3.63) is 170 Å². The Hall–Kier alpha value is -6.85. The smallest absolute Gasteiger partial charge is 0.238 e. The minimum absolute atomic E-state index is 0.560. The lowest BCUT2D eigenvalue weighted by Crippen LogP contribution is -2.06. The minimum Gasteiger partial charge on any atom is -0.455 e. The maximum absolute atomic E-state index is 6.46. The van der Waals surface area contributed by atoms with Gasteiger partial charge in [-0.25, -0.2) is 4.98 Å². The number of fused-ring (bicyclic) bond motifs is 6. The SMILES string of the molecule is c1ccc(-c2cccc(-c3nc(-c4ccccc4)nc(-n4c5ccccc5c5ccc(-c6cccc7c6oc6ccccc67)cc54)n3)c2)cc1. The number of benzene rings is 7. The summed E-state index contributed by atoms with van der Waals surface area (Å²) in [5.74, 6) is 1.79. The Morgan fingerprint density at radius 2 is 1.00 bits per heavy atom. The van der Waals surface area contributed by atoms with Gasteiger partial charge in [-0.1, -0.05) is 146 Å². The minimum atomic E-state index is 0.560. The van der Waals surface area contributed by atoms with E-state index in [4.69, 9.17) is 19.4 Å². The van der Waals surface area contributed by atoms with E-state index in [0.717, 1.165) is 77.1 Å². The predicted octanol–water partition coefficient (Wildman–Crippen LogP) is 11.5. The summed E-state index contributed by atoms with van der Waals surface area (Å²) in [5.41, 5.74) is 9.97. The van der Waals surface area contributed by atoms with E-state index < -0.39 is 0 Å². The zero-order valence-electron chi connectivity index (χ0n) is 26.9. The molecule has 0 unspecified atom stereocenters. The average Bonchev–Trinajstić information content (AvgIpc) is 3.74. The molecule has 0 amide bonds. The van der Waals surface area contributed by atoms with Gasteiger partial charge in [0.05, 0.1) is 11.0 Å². The molecule has 5 heteroatoms. The largest absolute Gasteiger partial charge is 0.455 e. The Morgan fingerprint density at radius 3 is 1.84 bits per heavy atom. The Labute approximate surface area is 287 Å². The monoisotopic (exact) mass is 640 g/mol. The third-order valence-corrected chi connectivity index (χ3v) is 9.47. The van der Waals surface area contributed by atoms with E-state index in [9.17, 15) is 0 Å². The maximum atomic E-state index is 6.46. The van der Waals surface area contributed by atoms with Gasteiger partial charge in [0.2, 0.25) is 5.95 Å². The molecule has 0 bridgehead atoms. The number of furan rings is 1. The first-order chi connectivity index (χ1) is 24.8. The summed E-state index contributed by atoms with van der Waals surface area (Å²) >= 11 is 0. The lowest BCUT2D eigenvalue weighted by Gasteiger charge is -2.12. The van der Waals surface area contributed by atoms with E-state index >= 15 is 0 Å². The summed E-state index contributed by atoms with van der Waals surface area (Å²) in [6.45, 7) is 0. The fourth-order valence-corrected chi connectivity index (χ4v) is 7.11. The van der Waals surface area contributed by atoms with Gasteiger partial charge in [-0.3, -0.25) is 4.57 Å². The quantitative estimate of drug-likeness (QED) is 0.188. The van der Waals surface area contributed by atoms with E-state index in [1.807, 2.05) is 48.5 Å². The van der Waals surface area contributed by atoms with Gasteiger partial charge in [0, 0.05) is 38.2 Å². The van der Waals surface area contributed by atoms with Crippen LogP contribution in [0.2, 0.25) is 0 Å². The molecule has 0 spiro atoms. The Bertz CT molecular complexity index is 2870. The van der Waals surface area contributed by atoms with E-state index in [0.29, 0.717) is 17.6 Å². The topological polar surface area (TPSA) is 56.7 Å². The highest BCUT2D eigenvalue weighted by Gasteiger charge is 2.20. The van der Waals surface area contributed by atoms with E-state index in [1.165, 1.54) is 0 Å². The van der Waals surface area contributed by atoms with Crippen LogP contribution in [0.15, 0.2) is 174 Å². The third-order valence-electron chi connectivity index (χ3n) is 9.47. The summed E-state index contributed by atoms with van der Waals surface area (Å²) in [4.78, 5) is 15.4. The molecule has 5 nitrogen and oxygen atoms in total. The molecular weight excluding hydrogens is 613 g/mol. The fourth-order valence-electron chi connectivity index (χ4n) is 7.11. The van der Waals surface area contributed by atoms with Gasteiger partial charge in [-0.15, -0.1) is 0 Å². The van der Waals surface area contributed by atoms with Crippen molar-refractivity contribution in [2.75, 3.05) is 0 Å². The normalized spacial score (nSPS) is 11.6. The van der Waals surface area contributed by atoms with Gasteiger partial charge < -0.3 is 4.42 Å². The molecule has 0 radical (unpaired) electrons. The molecule has 234 valence electrons. The number of aromatic nitrogens is 4. The highest BCUT2D eigenvalue weighted by molar-refractivity contribution is 6.12. The van der Waals surface area contributed by atoms with Crippen LogP contribution >= 0.6 is 0 Å². The Balaban J connectivity index is 1.22. The fraction of sp³-hybridized carbons (Fsp3) is 0. The molecule has 0 saturated heterocycles. The van der Waals surface area contributed by atoms with E-state index in [2.05, 4.69) is 126 Å². The van der Waals surface area contributed by atoms with Crippen LogP contribution in [0, 0.1) is 0 Å². The summed E-state index contributed by atoms with van der Waals surface area (Å²) in [7, 11) is 0. The Kier molecular flexibility index (Phi) is 6.42. The van der Waals surface area contributed by atoms with Crippen molar-refractivity contribution >= 4 is 43.7 Å². The van der Waals surface area contributed by atoms with Crippen LogP contribution < -0.4 is 0 Å². The number of nitrogens with zero attached hydrogens (tertiary/aromatic N) is 4. The number of hydrogen-bond donors (Lipinski definition) is 0. The second-order valence-electron chi connectivity index (χ2n) is 12.5. The van der Waals surface area contributed by atoms with Crippen molar-refractivity contribution in [2.24, 2.45) is 0 Å². The summed E-state index contributed by atoms with van der Waals surface area (Å²) < 4.78 is 8.63. The number of hydrogen-bond acceptors (Lipinski definition) is 4. The van der Waals surface area contributed by atoms with Crippen LogP contribution in [0.4, 0.5) is 0 Å². The van der Waals surface area contributed by atoms with Crippen LogP contribution in [0.3, 0.4) is 0 Å². The van der Waals surface area contributed by atoms with Crippen molar-refractivity contribution in [1.82, 2.24) is 19.5 Å². The lowest BCUT2D eigenvalue weighted by molar-refractivity contribution is 0.670. The third kappa shape index (κ3) is 4.60. The zero-order chi connectivity index (χ0) is 33.0. The molecule has 3 aromatic heterocycles. The molecule has 3 heterocycles. The molecule has 10 rings (SSSR count). The molecule has 0 fully saturated rings. The van der Waals surface area contributed by atoms with Crippen molar-refractivity contribution in [3.63, 3.8) is 0 Å². The first-order valence-electron chi connectivity index (χ1n) is 16.7. The average molecular weight is 641 g/mol. The van der Waals surface area contributed by atoms with Crippen molar-refractivity contribution in [3.8, 4) is 51.0 Å². The highest BCUT2D eigenvalue weighted by Crippen LogP contribution is 2.39. The lowest BCUT2D eigenvalue weighted by atomic mass is 10.0. The van der Waals surface area contributed by atoms with Crippen molar-refractivity contribution in [2.45, 2.75) is 0 Å². The van der Waals surface area contributed by atoms with Gasteiger partial charge in [0.25, 0.3) is 0 Å². The second-order valence-corrected chi connectivity index (χ2v) is 12.5. The number of para-hydroxylation sites is 3. The first kappa shape index (κ1) is 28.2. The molecular formula is C45H28N4O. The van der Waals surface area contributed by atoms with Crippen LogP contribution in [0.25, 0.3) is 94.7 Å². The van der Waals surface area contributed by atoms with Gasteiger partial charge in [-0.2, -0.15) is 9.97 Å². The molecule has 0 N–H and O–H groups in total. The molecule has 0 atom stereocenters. The summed E-state index contributed by atoms with van der Waals surface area (Å²) in [5, 5.41) is 4.47. The number of rotatable bonds is 5. The van der Waals surface area contributed by atoms with Gasteiger partial charge >= 0.3 is 0 Å². The standard InChI is InChI=1S/C45H28N4O/c1-3-13-29(14-4-1)31-17-11-18-33(27-31)44-46-43(30-15-5-2-6-16-30)47-45(48-44)49-39-23-9-7-19-35(39)36-26-25-32(28-40(36)49)34-21-12-22-38-37-20-8-10-24-41(37)50-42(34)38/h1-28H. The van der Waals surface area contributed by atoms with Gasteiger partial charge in [-0.05, 0) is 41.0 Å². The van der Waals surface area contributed by atoms with E-state index in [-0.39, 0.29) is 0 Å². The maximum Gasteiger partial charge on any atom is 0.238 e. The van der Waals surface area contributed by atoms with Crippen LogP contribution in [0.5, 0.6) is 0 Å². The van der Waals surface area contributed by atoms with Crippen LogP contribution in [-0.4, -0.2) is 19.5 Å². The molecule has 50 heavy (non-hydrogen) atoms. The summed E-state index contributed by atoms with van der Waals surface area (Å²) in [6.07, 6.45) is 0.